The van der Waals surface area contributed by atoms with Crippen LogP contribution in [0.2, 0.25) is 0 Å². The largest absolute Gasteiger partial charge is 0.322 e. The molecule has 0 radical (unpaired) electrons. The van der Waals surface area contributed by atoms with Crippen LogP contribution in [0.1, 0.15) is 20.7 Å². The van der Waals surface area contributed by atoms with E-state index in [-0.39, 0.29) is 11.8 Å². The van der Waals surface area contributed by atoms with Gasteiger partial charge in [-0.25, -0.2) is 0 Å². The van der Waals surface area contributed by atoms with Crippen LogP contribution in [0.25, 0.3) is 0 Å². The van der Waals surface area contributed by atoms with Crippen LogP contribution in [0.4, 0.5) is 11.4 Å². The Morgan fingerprint density at radius 2 is 1.04 bits per heavy atom. The third-order valence-electron chi connectivity index (χ3n) is 3.54. The molecule has 3 aromatic carbocycles. The topological polar surface area (TPSA) is 70.2 Å². The number of benzene rings is 3. The molecule has 0 bridgehead atoms. The summed E-state index contributed by atoms with van der Waals surface area (Å²) in [4.78, 5) is 24.0. The van der Waals surface area contributed by atoms with Gasteiger partial charge in [-0.15, -0.1) is 0 Å². The summed E-state index contributed by atoms with van der Waals surface area (Å²) in [6.07, 6.45) is 0. The van der Waals surface area contributed by atoms with Gasteiger partial charge in [0.1, 0.15) is 0 Å². The molecular formula is C20H17N3O2. The Morgan fingerprint density at radius 3 is 1.60 bits per heavy atom. The fourth-order valence-electron chi connectivity index (χ4n) is 2.22. The molecule has 3 rings (SSSR count). The van der Waals surface area contributed by atoms with Crippen molar-refractivity contribution in [2.24, 2.45) is 0 Å². The first-order chi connectivity index (χ1) is 12.2. The molecule has 3 aromatic rings. The summed E-state index contributed by atoms with van der Waals surface area (Å²) < 4.78 is 0. The molecule has 0 fully saturated rings. The summed E-state index contributed by atoms with van der Waals surface area (Å²) in [7, 11) is 0. The molecule has 0 saturated carbocycles. The van der Waals surface area contributed by atoms with Crippen LogP contribution in [-0.2, 0) is 0 Å². The zero-order chi connectivity index (χ0) is 17.5. The molecule has 124 valence electrons. The van der Waals surface area contributed by atoms with Crippen molar-refractivity contribution in [3.63, 3.8) is 0 Å². The smallest absolute Gasteiger partial charge is 0.269 e. The van der Waals surface area contributed by atoms with E-state index < -0.39 is 0 Å². The third-order valence-corrected chi connectivity index (χ3v) is 3.54. The zero-order valence-corrected chi connectivity index (χ0v) is 13.4. The maximum atomic E-state index is 12.1. The van der Waals surface area contributed by atoms with Gasteiger partial charge in [0.2, 0.25) is 0 Å². The molecule has 0 aliphatic heterocycles. The van der Waals surface area contributed by atoms with Crippen molar-refractivity contribution >= 4 is 23.2 Å². The number of carbonyl (C=O) groups is 2. The summed E-state index contributed by atoms with van der Waals surface area (Å²) in [5.74, 6) is -0.388. The molecule has 3 N–H and O–H groups in total. The number of nitrogens with one attached hydrogen (secondary N) is 3. The van der Waals surface area contributed by atoms with E-state index in [0.29, 0.717) is 22.5 Å². The molecule has 5 heteroatoms. The van der Waals surface area contributed by atoms with Crippen molar-refractivity contribution in [2.75, 3.05) is 10.7 Å². The number of anilines is 2. The van der Waals surface area contributed by atoms with Gasteiger partial charge in [0.25, 0.3) is 11.8 Å². The fourth-order valence-corrected chi connectivity index (χ4v) is 2.22. The standard InChI is InChI=1S/C20H17N3O2/c24-19(15-7-3-1-4-8-15)21-17-11-13-18(14-12-17)22-23-20(25)16-9-5-2-6-10-16/h1-14,22H,(H,21,24)(H,23,25). The quantitative estimate of drug-likeness (QED) is 0.624. The fraction of sp³-hybridized carbons (Fsp3) is 0. The average Bonchev–Trinajstić information content (AvgIpc) is 2.68. The Hall–Kier alpha value is -3.60. The lowest BCUT2D eigenvalue weighted by atomic mass is 10.2. The molecule has 0 saturated heterocycles. The SMILES string of the molecule is O=C(NNc1ccc(NC(=O)c2ccccc2)cc1)c1ccccc1. The Balaban J connectivity index is 1.55. The minimum Gasteiger partial charge on any atom is -0.322 e. The van der Waals surface area contributed by atoms with Gasteiger partial charge in [0.05, 0.1) is 5.69 Å². The molecule has 0 aliphatic carbocycles. The van der Waals surface area contributed by atoms with Crippen molar-refractivity contribution < 1.29 is 9.59 Å². The normalized spacial score (nSPS) is 9.92. The lowest BCUT2D eigenvalue weighted by molar-refractivity contribution is 0.0961. The Kier molecular flexibility index (Phi) is 5.07. The average molecular weight is 331 g/mol. The van der Waals surface area contributed by atoms with Crippen LogP contribution in [0.5, 0.6) is 0 Å². The molecule has 0 unspecified atom stereocenters. The monoisotopic (exact) mass is 331 g/mol. The summed E-state index contributed by atoms with van der Waals surface area (Å²) in [6, 6.07) is 25.0. The van der Waals surface area contributed by atoms with Gasteiger partial charge < -0.3 is 5.32 Å². The number of carbonyl (C=O) groups excluding carboxylic acids is 2. The third kappa shape index (κ3) is 4.45. The molecule has 2 amide bonds. The maximum Gasteiger partial charge on any atom is 0.269 e. The van der Waals surface area contributed by atoms with E-state index in [4.69, 9.17) is 0 Å². The Morgan fingerprint density at radius 1 is 0.560 bits per heavy atom. The van der Waals surface area contributed by atoms with Gasteiger partial charge in [0.15, 0.2) is 0 Å². The maximum absolute atomic E-state index is 12.1. The van der Waals surface area contributed by atoms with Crippen molar-refractivity contribution in [1.82, 2.24) is 5.43 Å². The van der Waals surface area contributed by atoms with E-state index in [0.717, 1.165) is 0 Å². The van der Waals surface area contributed by atoms with E-state index in [2.05, 4.69) is 16.2 Å². The molecule has 0 aliphatic rings. The molecule has 0 aromatic heterocycles. The van der Waals surface area contributed by atoms with Gasteiger partial charge in [0, 0.05) is 16.8 Å². The number of rotatable bonds is 5. The van der Waals surface area contributed by atoms with Crippen molar-refractivity contribution in [2.45, 2.75) is 0 Å². The van der Waals surface area contributed by atoms with Crippen LogP contribution in [0, 0.1) is 0 Å². The van der Waals surface area contributed by atoms with Gasteiger partial charge in [-0.2, -0.15) is 0 Å². The Labute approximate surface area is 145 Å². The van der Waals surface area contributed by atoms with Crippen LogP contribution < -0.4 is 16.2 Å². The van der Waals surface area contributed by atoms with Crippen LogP contribution in [0.3, 0.4) is 0 Å². The summed E-state index contributed by atoms with van der Waals surface area (Å²) >= 11 is 0. The summed E-state index contributed by atoms with van der Waals surface area (Å²) in [6.45, 7) is 0. The molecule has 0 heterocycles. The number of hydrazine groups is 1. The summed E-state index contributed by atoms with van der Waals surface area (Å²) in [5.41, 5.74) is 8.02. The highest BCUT2D eigenvalue weighted by molar-refractivity contribution is 6.04. The van der Waals surface area contributed by atoms with Gasteiger partial charge >= 0.3 is 0 Å². The molecular weight excluding hydrogens is 314 g/mol. The van der Waals surface area contributed by atoms with E-state index in [1.54, 1.807) is 60.7 Å². The van der Waals surface area contributed by atoms with Crippen LogP contribution in [0.15, 0.2) is 84.9 Å². The van der Waals surface area contributed by atoms with Crippen molar-refractivity contribution in [3.8, 4) is 0 Å². The highest BCUT2D eigenvalue weighted by Crippen LogP contribution is 2.14. The zero-order valence-electron chi connectivity index (χ0n) is 13.4. The number of amides is 2. The van der Waals surface area contributed by atoms with E-state index in [1.165, 1.54) is 0 Å². The highest BCUT2D eigenvalue weighted by atomic mass is 16.2. The minimum atomic E-state index is -0.220. The van der Waals surface area contributed by atoms with E-state index >= 15 is 0 Å². The first-order valence-corrected chi connectivity index (χ1v) is 7.80. The predicted octanol–water partition coefficient (Wildman–Crippen LogP) is 3.70. The second kappa shape index (κ2) is 7.79. The highest BCUT2D eigenvalue weighted by Gasteiger charge is 2.06. The Bertz CT molecular complexity index is 847. The molecule has 0 atom stereocenters. The number of hydrogen-bond donors (Lipinski definition) is 3. The lowest BCUT2D eigenvalue weighted by Gasteiger charge is -2.10. The van der Waals surface area contributed by atoms with Gasteiger partial charge in [-0.05, 0) is 48.5 Å². The van der Waals surface area contributed by atoms with E-state index in [9.17, 15) is 9.59 Å². The van der Waals surface area contributed by atoms with Crippen molar-refractivity contribution in [3.05, 3.63) is 96.1 Å². The molecule has 25 heavy (non-hydrogen) atoms. The summed E-state index contributed by atoms with van der Waals surface area (Å²) in [5, 5.41) is 2.82. The first kappa shape index (κ1) is 16.3. The molecule has 5 nitrogen and oxygen atoms in total. The number of hydrogen-bond acceptors (Lipinski definition) is 3. The van der Waals surface area contributed by atoms with Crippen molar-refractivity contribution in [1.29, 1.82) is 0 Å². The second-order valence-electron chi connectivity index (χ2n) is 5.34. The predicted molar refractivity (Wildman–Crippen MR) is 98.4 cm³/mol. The van der Waals surface area contributed by atoms with E-state index in [1.807, 2.05) is 24.3 Å². The van der Waals surface area contributed by atoms with Crippen LogP contribution in [-0.4, -0.2) is 11.8 Å². The molecule has 0 spiro atoms. The van der Waals surface area contributed by atoms with Gasteiger partial charge in [-0.3, -0.25) is 20.4 Å². The first-order valence-electron chi connectivity index (χ1n) is 7.80. The minimum absolute atomic E-state index is 0.168. The second-order valence-corrected chi connectivity index (χ2v) is 5.34. The van der Waals surface area contributed by atoms with Gasteiger partial charge in [-0.1, -0.05) is 36.4 Å². The lowest BCUT2D eigenvalue weighted by Crippen LogP contribution is -2.29. The van der Waals surface area contributed by atoms with Crippen LogP contribution >= 0.6 is 0 Å².